The summed E-state index contributed by atoms with van der Waals surface area (Å²) in [5, 5.41) is 7.56. The molecule has 2 N–H and O–H groups in total. The molecule has 0 unspecified atom stereocenters. The van der Waals surface area contributed by atoms with Gasteiger partial charge >= 0.3 is 6.09 Å². The van der Waals surface area contributed by atoms with Gasteiger partial charge in [-0.05, 0) is 12.1 Å². The first kappa shape index (κ1) is 10.7. The van der Waals surface area contributed by atoms with E-state index in [0.29, 0.717) is 9.86 Å². The lowest BCUT2D eigenvalue weighted by Crippen LogP contribution is -2.17. The normalized spacial score (nSPS) is 10.4. The number of carbonyl (C=O) groups is 1. The van der Waals surface area contributed by atoms with Gasteiger partial charge in [0.05, 0.1) is 0 Å². The van der Waals surface area contributed by atoms with E-state index in [4.69, 9.17) is 5.73 Å². The van der Waals surface area contributed by atoms with Gasteiger partial charge in [-0.1, -0.05) is 15.9 Å². The molecular weight excluding hydrogens is 281 g/mol. The molecule has 1 amide bonds. The predicted octanol–water partition coefficient (Wildman–Crippen LogP) is 1.99. The van der Waals surface area contributed by atoms with E-state index in [9.17, 15) is 9.18 Å². The van der Waals surface area contributed by atoms with E-state index in [-0.39, 0.29) is 11.4 Å². The van der Waals surface area contributed by atoms with Crippen molar-refractivity contribution in [1.82, 2.24) is 10.2 Å². The molecule has 0 spiro atoms. The highest BCUT2D eigenvalue weighted by Crippen LogP contribution is 2.23. The topological polar surface area (TPSA) is 78.1 Å². The molecule has 2 aromatic rings. The number of hydrogen-bond donors (Lipinski definition) is 1. The fraction of sp³-hybridized carbons (Fsp3) is 0. The second-order valence-corrected chi connectivity index (χ2v) is 3.84. The minimum Gasteiger partial charge on any atom is -0.390 e. The zero-order valence-electron chi connectivity index (χ0n) is 7.78. The van der Waals surface area contributed by atoms with E-state index in [1.54, 1.807) is 6.07 Å². The molecule has 1 aromatic carbocycles. The van der Waals surface area contributed by atoms with Gasteiger partial charge in [-0.25, -0.2) is 9.18 Å². The molecule has 0 aliphatic rings. The highest BCUT2D eigenvalue weighted by Gasteiger charge is 2.08. The van der Waals surface area contributed by atoms with E-state index in [2.05, 4.69) is 30.9 Å². The highest BCUT2D eigenvalue weighted by molar-refractivity contribution is 9.10. The number of fused-ring (bicyclic) bond motifs is 1. The average Bonchev–Trinajstić information content (AvgIpc) is 2.15. The Hall–Kier alpha value is -1.76. The zero-order chi connectivity index (χ0) is 11.7. The SMILES string of the molecule is NC(=O)Oc1cc2cc(Br)cc(F)c2nn1. The molecule has 0 radical (unpaired) electrons. The van der Waals surface area contributed by atoms with Crippen molar-refractivity contribution in [2.75, 3.05) is 0 Å². The summed E-state index contributed by atoms with van der Waals surface area (Å²) < 4.78 is 18.5. The third-order valence-corrected chi connectivity index (χ3v) is 2.25. The molecule has 0 saturated heterocycles. The van der Waals surface area contributed by atoms with Crippen molar-refractivity contribution in [2.24, 2.45) is 5.73 Å². The van der Waals surface area contributed by atoms with E-state index < -0.39 is 11.9 Å². The zero-order valence-corrected chi connectivity index (χ0v) is 9.36. The Bertz CT molecular complexity index is 576. The molecule has 7 heteroatoms. The number of aromatic nitrogens is 2. The smallest absolute Gasteiger partial charge is 0.390 e. The fourth-order valence-electron chi connectivity index (χ4n) is 1.22. The van der Waals surface area contributed by atoms with Crippen molar-refractivity contribution in [1.29, 1.82) is 0 Å². The number of hydrogen-bond acceptors (Lipinski definition) is 4. The molecule has 16 heavy (non-hydrogen) atoms. The van der Waals surface area contributed by atoms with Crippen molar-refractivity contribution < 1.29 is 13.9 Å². The number of rotatable bonds is 1. The number of amides is 1. The van der Waals surface area contributed by atoms with Crippen LogP contribution in [0, 0.1) is 5.82 Å². The summed E-state index contributed by atoms with van der Waals surface area (Å²) in [5.41, 5.74) is 4.91. The largest absolute Gasteiger partial charge is 0.411 e. The lowest BCUT2D eigenvalue weighted by Gasteiger charge is -2.02. The van der Waals surface area contributed by atoms with Gasteiger partial charge in [-0.15, -0.1) is 10.2 Å². The minimum absolute atomic E-state index is 0.0718. The van der Waals surface area contributed by atoms with Gasteiger partial charge in [0.25, 0.3) is 0 Å². The summed E-state index contributed by atoms with van der Waals surface area (Å²) in [6.07, 6.45) is -0.996. The van der Waals surface area contributed by atoms with Gasteiger partial charge in [-0.2, -0.15) is 0 Å². The van der Waals surface area contributed by atoms with Crippen molar-refractivity contribution in [3.63, 3.8) is 0 Å². The molecule has 0 aliphatic heterocycles. The first-order valence-electron chi connectivity index (χ1n) is 4.16. The van der Waals surface area contributed by atoms with Gasteiger partial charge in [0.2, 0.25) is 5.88 Å². The van der Waals surface area contributed by atoms with Crippen LogP contribution in [0.2, 0.25) is 0 Å². The quantitative estimate of drug-likeness (QED) is 0.869. The third-order valence-electron chi connectivity index (χ3n) is 1.79. The Balaban J connectivity index is 2.57. The van der Waals surface area contributed by atoms with Crippen LogP contribution in [0.15, 0.2) is 22.7 Å². The number of benzene rings is 1. The molecule has 0 aliphatic carbocycles. The van der Waals surface area contributed by atoms with Crippen LogP contribution in [0.25, 0.3) is 10.9 Å². The fourth-order valence-corrected chi connectivity index (χ4v) is 1.66. The molecule has 1 aromatic heterocycles. The van der Waals surface area contributed by atoms with Gasteiger partial charge in [0, 0.05) is 15.9 Å². The van der Waals surface area contributed by atoms with E-state index in [1.807, 2.05) is 0 Å². The second kappa shape index (κ2) is 4.01. The van der Waals surface area contributed by atoms with Crippen LogP contribution in [-0.4, -0.2) is 16.3 Å². The number of nitrogens with two attached hydrogens (primary N) is 1. The Morgan fingerprint density at radius 3 is 2.81 bits per heavy atom. The summed E-state index contributed by atoms with van der Waals surface area (Å²) in [6, 6.07) is 4.27. The molecule has 1 heterocycles. The summed E-state index contributed by atoms with van der Waals surface area (Å²) in [7, 11) is 0. The first-order chi connectivity index (χ1) is 7.56. The Labute approximate surface area is 97.5 Å². The summed E-state index contributed by atoms with van der Waals surface area (Å²) >= 11 is 3.14. The Morgan fingerprint density at radius 1 is 1.38 bits per heavy atom. The Morgan fingerprint density at radius 2 is 2.12 bits per heavy atom. The van der Waals surface area contributed by atoms with Crippen LogP contribution in [0.1, 0.15) is 0 Å². The molecular formula is C9H5BrFN3O2. The highest BCUT2D eigenvalue weighted by atomic mass is 79.9. The van der Waals surface area contributed by atoms with Crippen LogP contribution in [0.4, 0.5) is 9.18 Å². The maximum absolute atomic E-state index is 13.4. The van der Waals surface area contributed by atoms with Crippen LogP contribution in [-0.2, 0) is 0 Å². The number of primary amides is 1. The van der Waals surface area contributed by atoms with Gasteiger partial charge in [-0.3, -0.25) is 0 Å². The number of halogens is 2. The first-order valence-corrected chi connectivity index (χ1v) is 4.95. The van der Waals surface area contributed by atoms with Crippen LogP contribution in [0.5, 0.6) is 5.88 Å². The number of nitrogens with zero attached hydrogens (tertiary/aromatic N) is 2. The maximum atomic E-state index is 13.4. The summed E-state index contributed by atoms with van der Waals surface area (Å²) in [4.78, 5) is 10.5. The average molecular weight is 286 g/mol. The summed E-state index contributed by atoms with van der Waals surface area (Å²) in [5.74, 6) is -0.583. The third kappa shape index (κ3) is 2.08. The van der Waals surface area contributed by atoms with Crippen molar-refractivity contribution in [2.45, 2.75) is 0 Å². The van der Waals surface area contributed by atoms with Crippen LogP contribution in [0.3, 0.4) is 0 Å². The second-order valence-electron chi connectivity index (χ2n) is 2.93. The molecule has 0 fully saturated rings. The monoisotopic (exact) mass is 285 g/mol. The predicted molar refractivity (Wildman–Crippen MR) is 57.4 cm³/mol. The van der Waals surface area contributed by atoms with Gasteiger partial charge in [0.1, 0.15) is 5.52 Å². The molecule has 2 rings (SSSR count). The van der Waals surface area contributed by atoms with Crippen molar-refractivity contribution in [3.8, 4) is 5.88 Å². The van der Waals surface area contributed by atoms with Crippen LogP contribution < -0.4 is 10.5 Å². The summed E-state index contributed by atoms with van der Waals surface area (Å²) in [6.45, 7) is 0. The molecule has 0 saturated carbocycles. The van der Waals surface area contributed by atoms with E-state index in [1.165, 1.54) is 12.1 Å². The Kier molecular flexibility index (Phi) is 2.69. The molecule has 82 valence electrons. The van der Waals surface area contributed by atoms with E-state index in [0.717, 1.165) is 0 Å². The lowest BCUT2D eigenvalue weighted by molar-refractivity contribution is 0.208. The molecule has 0 atom stereocenters. The van der Waals surface area contributed by atoms with Gasteiger partial charge in [0.15, 0.2) is 5.82 Å². The van der Waals surface area contributed by atoms with Crippen molar-refractivity contribution in [3.05, 3.63) is 28.5 Å². The molecule has 0 bridgehead atoms. The van der Waals surface area contributed by atoms with Crippen molar-refractivity contribution >= 4 is 32.9 Å². The van der Waals surface area contributed by atoms with E-state index >= 15 is 0 Å². The molecule has 5 nitrogen and oxygen atoms in total. The number of carbonyl (C=O) groups excluding carboxylic acids is 1. The van der Waals surface area contributed by atoms with Crippen LogP contribution >= 0.6 is 15.9 Å². The standard InChI is InChI=1S/C9H5BrFN3O2/c10-5-1-4-2-7(16-9(12)15)13-14-8(4)6(11)3-5/h1-3H,(H2,12,15). The minimum atomic E-state index is -0.996. The number of ether oxygens (including phenoxy) is 1. The maximum Gasteiger partial charge on any atom is 0.411 e. The lowest BCUT2D eigenvalue weighted by atomic mass is 10.2. The van der Waals surface area contributed by atoms with Gasteiger partial charge < -0.3 is 10.5 Å².